The molecule has 2 aliphatic rings. The average molecular weight is 349 g/mol. The molecule has 1 fully saturated rings. The first-order chi connectivity index (χ1) is 12.1. The lowest BCUT2D eigenvalue weighted by Gasteiger charge is -2.41. The maximum atomic E-state index is 5.46. The Morgan fingerprint density at radius 2 is 2.00 bits per heavy atom. The Balaban J connectivity index is 1.58. The number of morpholine rings is 1. The first kappa shape index (κ1) is 18.1. The van der Waals surface area contributed by atoms with E-state index in [-0.39, 0.29) is 5.54 Å². The molecule has 8 heteroatoms. The summed E-state index contributed by atoms with van der Waals surface area (Å²) in [6.45, 7) is 13.4. The van der Waals surface area contributed by atoms with Crippen LogP contribution in [0.1, 0.15) is 38.8 Å². The molecule has 1 saturated heterocycles. The van der Waals surface area contributed by atoms with Gasteiger partial charge in [0.15, 0.2) is 11.8 Å². The number of ether oxygens (including phenoxy) is 1. The van der Waals surface area contributed by atoms with Crippen LogP contribution in [0.3, 0.4) is 0 Å². The Kier molecular flexibility index (Phi) is 5.90. The molecule has 8 nitrogen and oxygen atoms in total. The summed E-state index contributed by atoms with van der Waals surface area (Å²) in [5, 5.41) is 15.3. The summed E-state index contributed by atoms with van der Waals surface area (Å²) in [7, 11) is 0. The fourth-order valence-corrected chi connectivity index (χ4v) is 3.40. The number of hydrogen-bond acceptors (Lipinski definition) is 5. The monoisotopic (exact) mass is 349 g/mol. The normalized spacial score (nSPS) is 19.1. The van der Waals surface area contributed by atoms with Crippen LogP contribution in [0.4, 0.5) is 0 Å². The van der Waals surface area contributed by atoms with Crippen molar-refractivity contribution in [3.8, 4) is 0 Å². The minimum atomic E-state index is 0.0517. The molecule has 0 aromatic carbocycles. The number of aromatic nitrogens is 3. The first-order valence-electron chi connectivity index (χ1n) is 9.36. The summed E-state index contributed by atoms with van der Waals surface area (Å²) in [5.74, 6) is 2.88. The number of aliphatic imine (C=N–C) groups is 1. The van der Waals surface area contributed by atoms with E-state index in [9.17, 15) is 0 Å². The summed E-state index contributed by atoms with van der Waals surface area (Å²) >= 11 is 0. The standard InChI is InChI=1S/C17H31N7O/c1-4-18-16(19-12-15-22-21-14-6-5-7-24(14)15)20-13-17(2,3)23-8-10-25-11-9-23/h4-13H2,1-3H3,(H2,18,19,20). The lowest BCUT2D eigenvalue weighted by Crippen LogP contribution is -2.56. The van der Waals surface area contributed by atoms with E-state index in [4.69, 9.17) is 9.73 Å². The van der Waals surface area contributed by atoms with Gasteiger partial charge in [-0.2, -0.15) is 0 Å². The molecular formula is C17H31N7O. The van der Waals surface area contributed by atoms with Gasteiger partial charge in [-0.1, -0.05) is 0 Å². The third-order valence-electron chi connectivity index (χ3n) is 4.96. The second kappa shape index (κ2) is 8.14. The molecule has 1 aromatic heterocycles. The predicted octanol–water partition coefficient (Wildman–Crippen LogP) is 0.390. The minimum Gasteiger partial charge on any atom is -0.379 e. The van der Waals surface area contributed by atoms with Crippen LogP contribution in [0, 0.1) is 0 Å². The Morgan fingerprint density at radius 3 is 2.76 bits per heavy atom. The van der Waals surface area contributed by atoms with Crippen molar-refractivity contribution in [2.75, 3.05) is 39.4 Å². The molecule has 3 rings (SSSR count). The molecule has 140 valence electrons. The van der Waals surface area contributed by atoms with E-state index in [0.29, 0.717) is 6.54 Å². The van der Waals surface area contributed by atoms with Gasteiger partial charge in [-0.25, -0.2) is 4.99 Å². The number of guanidine groups is 1. The van der Waals surface area contributed by atoms with Crippen LogP contribution in [-0.4, -0.2) is 70.6 Å². The van der Waals surface area contributed by atoms with Crippen molar-refractivity contribution >= 4 is 5.96 Å². The van der Waals surface area contributed by atoms with Gasteiger partial charge in [0, 0.05) is 44.7 Å². The van der Waals surface area contributed by atoms with Crippen molar-refractivity contribution in [3.63, 3.8) is 0 Å². The minimum absolute atomic E-state index is 0.0517. The maximum absolute atomic E-state index is 5.46. The molecule has 0 amide bonds. The van der Waals surface area contributed by atoms with Gasteiger partial charge in [-0.05, 0) is 27.2 Å². The van der Waals surface area contributed by atoms with Gasteiger partial charge in [0.05, 0.1) is 13.2 Å². The zero-order valence-electron chi connectivity index (χ0n) is 15.7. The van der Waals surface area contributed by atoms with Crippen molar-refractivity contribution in [3.05, 3.63) is 11.6 Å². The van der Waals surface area contributed by atoms with Crippen molar-refractivity contribution in [1.82, 2.24) is 30.3 Å². The molecule has 0 atom stereocenters. The smallest absolute Gasteiger partial charge is 0.191 e. The SMILES string of the molecule is CCNC(=NCc1nnc2n1CCC2)NCC(C)(C)N1CCOCC1. The van der Waals surface area contributed by atoms with Crippen molar-refractivity contribution in [2.24, 2.45) is 4.99 Å². The largest absolute Gasteiger partial charge is 0.379 e. The van der Waals surface area contributed by atoms with Gasteiger partial charge in [0.2, 0.25) is 0 Å². The fraction of sp³-hybridized carbons (Fsp3) is 0.824. The van der Waals surface area contributed by atoms with Crippen LogP contribution in [0.5, 0.6) is 0 Å². The molecule has 0 radical (unpaired) electrons. The van der Waals surface area contributed by atoms with Gasteiger partial charge >= 0.3 is 0 Å². The molecule has 2 N–H and O–H groups in total. The molecule has 25 heavy (non-hydrogen) atoms. The predicted molar refractivity (Wildman–Crippen MR) is 97.6 cm³/mol. The van der Waals surface area contributed by atoms with E-state index < -0.39 is 0 Å². The highest BCUT2D eigenvalue weighted by Crippen LogP contribution is 2.16. The second-order valence-electron chi connectivity index (χ2n) is 7.25. The van der Waals surface area contributed by atoms with E-state index in [2.05, 4.69) is 51.1 Å². The maximum Gasteiger partial charge on any atom is 0.191 e. The molecule has 0 saturated carbocycles. The molecule has 2 aliphatic heterocycles. The number of nitrogens with one attached hydrogen (secondary N) is 2. The van der Waals surface area contributed by atoms with Gasteiger partial charge in [0.25, 0.3) is 0 Å². The lowest BCUT2D eigenvalue weighted by atomic mass is 10.0. The van der Waals surface area contributed by atoms with Crippen LogP contribution in [0.15, 0.2) is 4.99 Å². The summed E-state index contributed by atoms with van der Waals surface area (Å²) in [6, 6.07) is 0. The molecular weight excluding hydrogens is 318 g/mol. The Labute approximate surface area is 150 Å². The first-order valence-corrected chi connectivity index (χ1v) is 9.36. The number of rotatable bonds is 6. The highest BCUT2D eigenvalue weighted by molar-refractivity contribution is 5.79. The van der Waals surface area contributed by atoms with Crippen LogP contribution >= 0.6 is 0 Å². The molecule has 3 heterocycles. The Hall–Kier alpha value is -1.67. The fourth-order valence-electron chi connectivity index (χ4n) is 3.40. The van der Waals surface area contributed by atoms with Crippen LogP contribution in [0.25, 0.3) is 0 Å². The summed E-state index contributed by atoms with van der Waals surface area (Å²) in [4.78, 5) is 7.18. The van der Waals surface area contributed by atoms with E-state index in [1.807, 2.05) is 0 Å². The Bertz CT molecular complexity index is 590. The topological polar surface area (TPSA) is 79.6 Å². The van der Waals surface area contributed by atoms with Gasteiger partial charge in [-0.15, -0.1) is 10.2 Å². The van der Waals surface area contributed by atoms with E-state index in [1.54, 1.807) is 0 Å². The number of aryl methyl sites for hydroxylation is 1. The Morgan fingerprint density at radius 1 is 1.20 bits per heavy atom. The van der Waals surface area contributed by atoms with Gasteiger partial charge < -0.3 is 19.9 Å². The van der Waals surface area contributed by atoms with Gasteiger partial charge in [-0.3, -0.25) is 4.90 Å². The zero-order valence-corrected chi connectivity index (χ0v) is 15.7. The van der Waals surface area contributed by atoms with Crippen LogP contribution in [0.2, 0.25) is 0 Å². The van der Waals surface area contributed by atoms with E-state index >= 15 is 0 Å². The number of hydrogen-bond donors (Lipinski definition) is 2. The quantitative estimate of drug-likeness (QED) is 0.571. The van der Waals surface area contributed by atoms with Crippen molar-refractivity contribution in [2.45, 2.75) is 52.2 Å². The molecule has 0 unspecified atom stereocenters. The van der Waals surface area contributed by atoms with Crippen molar-refractivity contribution in [1.29, 1.82) is 0 Å². The average Bonchev–Trinajstić information content (AvgIpc) is 3.22. The van der Waals surface area contributed by atoms with Gasteiger partial charge in [0.1, 0.15) is 12.4 Å². The van der Waals surface area contributed by atoms with E-state index in [1.165, 1.54) is 0 Å². The molecule has 0 spiro atoms. The van der Waals surface area contributed by atoms with Crippen LogP contribution < -0.4 is 10.6 Å². The third kappa shape index (κ3) is 4.49. The number of fused-ring (bicyclic) bond motifs is 1. The van der Waals surface area contributed by atoms with E-state index in [0.717, 1.165) is 76.4 Å². The highest BCUT2D eigenvalue weighted by Gasteiger charge is 2.28. The van der Waals surface area contributed by atoms with Crippen molar-refractivity contribution < 1.29 is 4.74 Å². The lowest BCUT2D eigenvalue weighted by molar-refractivity contribution is -0.00834. The molecule has 0 aliphatic carbocycles. The number of nitrogens with zero attached hydrogens (tertiary/aromatic N) is 5. The summed E-state index contributed by atoms with van der Waals surface area (Å²) < 4.78 is 7.66. The van der Waals surface area contributed by atoms with Crippen LogP contribution in [-0.2, 0) is 24.2 Å². The molecule has 0 bridgehead atoms. The summed E-state index contributed by atoms with van der Waals surface area (Å²) in [5.41, 5.74) is 0.0517. The second-order valence-corrected chi connectivity index (χ2v) is 7.25. The zero-order chi connectivity index (χ0) is 17.7. The third-order valence-corrected chi connectivity index (χ3v) is 4.96. The molecule has 1 aromatic rings. The summed E-state index contributed by atoms with van der Waals surface area (Å²) in [6.07, 6.45) is 2.19. The highest BCUT2D eigenvalue weighted by atomic mass is 16.5.